The van der Waals surface area contributed by atoms with Crippen LogP contribution >= 0.6 is 0 Å². The molecule has 4 atom stereocenters. The Morgan fingerprint density at radius 2 is 1.39 bits per heavy atom. The van der Waals surface area contributed by atoms with E-state index in [2.05, 4.69) is 40.7 Å². The van der Waals surface area contributed by atoms with E-state index in [1.807, 2.05) is 0 Å². The predicted octanol–water partition coefficient (Wildman–Crippen LogP) is 6.12. The molecule has 0 amide bonds. The van der Waals surface area contributed by atoms with Gasteiger partial charge in [0.25, 0.3) is 0 Å². The van der Waals surface area contributed by atoms with Crippen molar-refractivity contribution in [1.82, 2.24) is 0 Å². The topological polar surface area (TPSA) is 51.2 Å². The molecule has 3 heteroatoms. The number of aldehydes is 3. The van der Waals surface area contributed by atoms with Crippen molar-refractivity contribution in [3.05, 3.63) is 22.8 Å². The molecule has 1 fully saturated rings. The molecular weight excluding hydrogens is 348 g/mol. The van der Waals surface area contributed by atoms with E-state index in [0.29, 0.717) is 23.7 Å². The molecule has 0 saturated heterocycles. The van der Waals surface area contributed by atoms with Gasteiger partial charge in [-0.1, -0.05) is 49.5 Å². The molecule has 1 saturated carbocycles. The van der Waals surface area contributed by atoms with Gasteiger partial charge in [0, 0.05) is 17.8 Å². The zero-order chi connectivity index (χ0) is 21.1. The van der Waals surface area contributed by atoms with Gasteiger partial charge >= 0.3 is 0 Å². The van der Waals surface area contributed by atoms with Gasteiger partial charge in [0.15, 0.2) is 0 Å². The average Bonchev–Trinajstić information content (AvgIpc) is 3.18. The molecule has 28 heavy (non-hydrogen) atoms. The third-order valence-electron chi connectivity index (χ3n) is 6.58. The molecule has 0 aromatic heterocycles. The van der Waals surface area contributed by atoms with Gasteiger partial charge in [0.05, 0.1) is 0 Å². The highest BCUT2D eigenvalue weighted by Crippen LogP contribution is 2.31. The zero-order valence-corrected chi connectivity index (χ0v) is 18.6. The lowest BCUT2D eigenvalue weighted by Crippen LogP contribution is -2.24. The molecule has 0 N–H and O–H groups in total. The zero-order valence-electron chi connectivity index (χ0n) is 18.6. The van der Waals surface area contributed by atoms with Crippen LogP contribution in [0, 0.1) is 29.6 Å². The molecule has 0 spiro atoms. The summed E-state index contributed by atoms with van der Waals surface area (Å²) in [6.45, 7) is 10.7. The summed E-state index contributed by atoms with van der Waals surface area (Å²) in [5.74, 6) is 1.95. The Bertz CT molecular complexity index is 566. The van der Waals surface area contributed by atoms with Gasteiger partial charge in [0.1, 0.15) is 18.9 Å². The lowest BCUT2D eigenvalue weighted by Gasteiger charge is -2.28. The second kappa shape index (κ2) is 12.9. The Labute approximate surface area is 172 Å². The summed E-state index contributed by atoms with van der Waals surface area (Å²) >= 11 is 0. The van der Waals surface area contributed by atoms with Gasteiger partial charge in [-0.15, -0.1) is 0 Å². The van der Waals surface area contributed by atoms with Crippen LogP contribution in [0.1, 0.15) is 86.0 Å². The molecule has 0 bridgehead atoms. The molecule has 4 unspecified atom stereocenters. The standard InChI is InChI=1S/C10H16O.C9H14O.C6H10O/c1-7-4-8(2)10(6-11)9(3)5-7;1-7-3-4-9(6-10)5-8(7)2;7-5-6-3-1-2-4-6/h4,6,8-10H,5H2,1-3H3;6,9H,3-5H2,1-2H3;5-6H,1-4H2. The molecule has 3 nitrogen and oxygen atoms in total. The van der Waals surface area contributed by atoms with Crippen molar-refractivity contribution < 1.29 is 14.4 Å². The minimum absolute atomic E-state index is 0.249. The van der Waals surface area contributed by atoms with Crippen LogP contribution in [0.5, 0.6) is 0 Å². The van der Waals surface area contributed by atoms with Crippen molar-refractivity contribution in [2.45, 2.75) is 86.0 Å². The Balaban J connectivity index is 0.000000215. The number of carbonyl (C=O) groups is 3. The monoisotopic (exact) mass is 388 g/mol. The van der Waals surface area contributed by atoms with Crippen LogP contribution in [0.2, 0.25) is 0 Å². The van der Waals surface area contributed by atoms with E-state index in [0.717, 1.165) is 57.4 Å². The fraction of sp³-hybridized carbons (Fsp3) is 0.720. The lowest BCUT2D eigenvalue weighted by molar-refractivity contribution is -0.113. The molecule has 0 radical (unpaired) electrons. The molecule has 3 aliphatic rings. The van der Waals surface area contributed by atoms with E-state index in [1.165, 1.54) is 29.6 Å². The number of allylic oxidation sites excluding steroid dienone is 4. The maximum absolute atomic E-state index is 10.7. The van der Waals surface area contributed by atoms with E-state index in [4.69, 9.17) is 0 Å². The van der Waals surface area contributed by atoms with Crippen molar-refractivity contribution in [2.75, 3.05) is 0 Å². The summed E-state index contributed by atoms with van der Waals surface area (Å²) in [5, 5.41) is 0. The molecule has 158 valence electrons. The molecule has 0 aromatic carbocycles. The number of carbonyl (C=O) groups excluding carboxylic acids is 3. The van der Waals surface area contributed by atoms with Crippen molar-refractivity contribution in [3.8, 4) is 0 Å². The summed E-state index contributed by atoms with van der Waals surface area (Å²) in [4.78, 5) is 31.1. The molecule has 0 aromatic rings. The minimum Gasteiger partial charge on any atom is -0.303 e. The Kier molecular flexibility index (Phi) is 11.3. The summed E-state index contributed by atoms with van der Waals surface area (Å²) in [5.41, 5.74) is 4.34. The maximum Gasteiger partial charge on any atom is 0.123 e. The largest absolute Gasteiger partial charge is 0.303 e. The first kappa shape index (κ1) is 24.5. The predicted molar refractivity (Wildman–Crippen MR) is 116 cm³/mol. The third-order valence-corrected chi connectivity index (χ3v) is 6.58. The van der Waals surface area contributed by atoms with Gasteiger partial charge in [-0.05, 0) is 71.1 Å². The van der Waals surface area contributed by atoms with Gasteiger partial charge in [-0.25, -0.2) is 0 Å². The molecule has 3 aliphatic carbocycles. The number of hydrogen-bond donors (Lipinski definition) is 0. The summed E-state index contributed by atoms with van der Waals surface area (Å²) < 4.78 is 0. The van der Waals surface area contributed by atoms with E-state index < -0.39 is 0 Å². The van der Waals surface area contributed by atoms with Crippen LogP contribution in [-0.2, 0) is 14.4 Å². The summed E-state index contributed by atoms with van der Waals surface area (Å²) in [6.07, 6.45) is 14.6. The van der Waals surface area contributed by atoms with E-state index in [9.17, 15) is 14.4 Å². The molecule has 3 rings (SSSR count). The maximum atomic E-state index is 10.7. The van der Waals surface area contributed by atoms with Crippen LogP contribution in [-0.4, -0.2) is 18.9 Å². The molecular formula is C25H40O3. The van der Waals surface area contributed by atoms with Crippen molar-refractivity contribution in [1.29, 1.82) is 0 Å². The molecule has 0 heterocycles. The Morgan fingerprint density at radius 1 is 0.786 bits per heavy atom. The first-order chi connectivity index (χ1) is 13.3. The Morgan fingerprint density at radius 3 is 1.82 bits per heavy atom. The van der Waals surface area contributed by atoms with Crippen LogP contribution in [0.15, 0.2) is 22.8 Å². The van der Waals surface area contributed by atoms with Gasteiger partial charge in [0.2, 0.25) is 0 Å². The fourth-order valence-electron chi connectivity index (χ4n) is 4.54. The van der Waals surface area contributed by atoms with Crippen LogP contribution in [0.4, 0.5) is 0 Å². The summed E-state index contributed by atoms with van der Waals surface area (Å²) in [7, 11) is 0. The van der Waals surface area contributed by atoms with Crippen molar-refractivity contribution in [2.24, 2.45) is 29.6 Å². The summed E-state index contributed by atoms with van der Waals surface area (Å²) in [6, 6.07) is 0. The average molecular weight is 389 g/mol. The SMILES string of the molecule is CC1=C(C)CC(C=O)CC1.CC1=CC(C)C(C=O)C(C)C1.O=CC1CCCC1. The minimum atomic E-state index is 0.249. The highest BCUT2D eigenvalue weighted by atomic mass is 16.1. The highest BCUT2D eigenvalue weighted by Gasteiger charge is 2.25. The first-order valence-electron chi connectivity index (χ1n) is 11.0. The van der Waals surface area contributed by atoms with Crippen LogP contribution in [0.3, 0.4) is 0 Å². The van der Waals surface area contributed by atoms with Crippen molar-refractivity contribution in [3.63, 3.8) is 0 Å². The van der Waals surface area contributed by atoms with E-state index >= 15 is 0 Å². The van der Waals surface area contributed by atoms with Crippen LogP contribution in [0.25, 0.3) is 0 Å². The molecule has 0 aliphatic heterocycles. The van der Waals surface area contributed by atoms with Gasteiger partial charge in [-0.2, -0.15) is 0 Å². The number of hydrogen-bond acceptors (Lipinski definition) is 3. The Hall–Kier alpha value is -1.51. The quantitative estimate of drug-likeness (QED) is 0.432. The fourth-order valence-corrected chi connectivity index (χ4v) is 4.54. The highest BCUT2D eigenvalue weighted by molar-refractivity contribution is 5.56. The first-order valence-corrected chi connectivity index (χ1v) is 11.0. The van der Waals surface area contributed by atoms with E-state index in [1.54, 1.807) is 0 Å². The normalized spacial score (nSPS) is 30.2. The second-order valence-corrected chi connectivity index (χ2v) is 9.15. The van der Waals surface area contributed by atoms with E-state index in [-0.39, 0.29) is 5.92 Å². The smallest absolute Gasteiger partial charge is 0.123 e. The van der Waals surface area contributed by atoms with Gasteiger partial charge in [-0.3, -0.25) is 0 Å². The number of rotatable bonds is 3. The lowest BCUT2D eigenvalue weighted by atomic mass is 9.76. The van der Waals surface area contributed by atoms with Crippen molar-refractivity contribution >= 4 is 18.9 Å². The third kappa shape index (κ3) is 8.24. The van der Waals surface area contributed by atoms with Crippen LogP contribution < -0.4 is 0 Å². The second-order valence-electron chi connectivity index (χ2n) is 9.15. The van der Waals surface area contributed by atoms with Gasteiger partial charge < -0.3 is 14.4 Å².